The second-order valence-electron chi connectivity index (χ2n) is 7.32. The van der Waals surface area contributed by atoms with E-state index in [4.69, 9.17) is 15.2 Å². The highest BCUT2D eigenvalue weighted by Crippen LogP contribution is 2.37. The molecule has 7 nitrogen and oxygen atoms in total. The molecule has 0 radical (unpaired) electrons. The van der Waals surface area contributed by atoms with Crippen molar-refractivity contribution in [3.8, 4) is 5.75 Å². The highest BCUT2D eigenvalue weighted by Gasteiger charge is 2.35. The summed E-state index contributed by atoms with van der Waals surface area (Å²) in [5, 5.41) is 1.88. The number of nitrogens with two attached hydrogens (primary N) is 1. The predicted octanol–water partition coefficient (Wildman–Crippen LogP) is 4.49. The molecule has 0 unspecified atom stereocenters. The molecule has 1 aliphatic rings. The second-order valence-corrected chi connectivity index (χ2v) is 8.24. The molecule has 0 aliphatic carbocycles. The predicted molar refractivity (Wildman–Crippen MR) is 119 cm³/mol. The zero-order valence-electron chi connectivity index (χ0n) is 16.1. The average Bonchev–Trinajstić information content (AvgIpc) is 3.36. The van der Waals surface area contributed by atoms with Crippen molar-refractivity contribution < 1.29 is 9.47 Å². The first-order valence-electron chi connectivity index (χ1n) is 9.65. The number of nitrogen functional groups attached to an aromatic ring is 1. The largest absolute Gasteiger partial charge is 0.491 e. The normalized spacial score (nSPS) is 21.3. The maximum atomic E-state index is 6.33. The molecule has 4 aromatic rings. The number of benzene rings is 1. The van der Waals surface area contributed by atoms with Gasteiger partial charge in [0.1, 0.15) is 36.4 Å². The third kappa shape index (κ3) is 3.42. The summed E-state index contributed by atoms with van der Waals surface area (Å²) in [5.74, 6) is 1.37. The van der Waals surface area contributed by atoms with Crippen LogP contribution in [-0.2, 0) is 4.74 Å². The number of anilines is 1. The lowest BCUT2D eigenvalue weighted by Crippen LogP contribution is -2.18. The van der Waals surface area contributed by atoms with Gasteiger partial charge in [0, 0.05) is 34.2 Å². The molecule has 2 N–H and O–H groups in total. The molecule has 0 bridgehead atoms. The van der Waals surface area contributed by atoms with Crippen LogP contribution in [0.15, 0.2) is 66.2 Å². The van der Waals surface area contributed by atoms with Crippen molar-refractivity contribution >= 4 is 43.7 Å². The Balaban J connectivity index is 1.32. The summed E-state index contributed by atoms with van der Waals surface area (Å²) in [7, 11) is 0. The molecule has 3 aromatic heterocycles. The Morgan fingerprint density at radius 3 is 3.03 bits per heavy atom. The highest BCUT2D eigenvalue weighted by atomic mass is 79.9. The average molecular weight is 466 g/mol. The van der Waals surface area contributed by atoms with Crippen molar-refractivity contribution in [3.63, 3.8) is 0 Å². The van der Waals surface area contributed by atoms with Crippen molar-refractivity contribution in [2.24, 2.45) is 5.92 Å². The molecule has 0 saturated carbocycles. The SMILES string of the molecule is C=C[C@@H]1C[C@@H](COc2ccc3cc(Br)cnc3c2)O[C@H]1n1ccc2c(N)ncnc21. The standard InChI is InChI=1S/C22H20BrN5O2/c1-2-13-8-17(11-29-16-4-3-14-7-15(23)10-25-19(14)9-16)30-22(13)28-6-5-18-20(24)26-12-27-21(18)28/h2-7,9-10,12-13,17,22H,1,8,11H2,(H2,24,26,27)/t13-,17+,22-/m1/s1. The van der Waals surface area contributed by atoms with E-state index in [9.17, 15) is 0 Å². The minimum absolute atomic E-state index is 0.0665. The second kappa shape index (κ2) is 7.70. The van der Waals surface area contributed by atoms with Gasteiger partial charge in [0.2, 0.25) is 0 Å². The minimum atomic E-state index is -0.210. The summed E-state index contributed by atoms with van der Waals surface area (Å²) >= 11 is 3.44. The van der Waals surface area contributed by atoms with Crippen molar-refractivity contribution in [2.45, 2.75) is 18.8 Å². The molecule has 1 aliphatic heterocycles. The van der Waals surface area contributed by atoms with Crippen molar-refractivity contribution in [2.75, 3.05) is 12.3 Å². The first-order valence-corrected chi connectivity index (χ1v) is 10.4. The lowest BCUT2D eigenvalue weighted by atomic mass is 10.0. The molecule has 1 saturated heterocycles. The van der Waals surface area contributed by atoms with E-state index in [1.54, 1.807) is 6.20 Å². The summed E-state index contributed by atoms with van der Waals surface area (Å²) in [5.41, 5.74) is 7.62. The van der Waals surface area contributed by atoms with Crippen LogP contribution in [0, 0.1) is 5.92 Å². The third-order valence-corrected chi connectivity index (χ3v) is 5.84. The summed E-state index contributed by atoms with van der Waals surface area (Å²) in [6, 6.07) is 9.84. The topological polar surface area (TPSA) is 88.1 Å². The molecule has 152 valence electrons. The number of nitrogens with zero attached hydrogens (tertiary/aromatic N) is 4. The smallest absolute Gasteiger partial charge is 0.147 e. The van der Waals surface area contributed by atoms with Gasteiger partial charge >= 0.3 is 0 Å². The summed E-state index contributed by atoms with van der Waals surface area (Å²) in [6.07, 6.45) is 7.66. The van der Waals surface area contributed by atoms with Gasteiger partial charge in [0.05, 0.1) is 17.0 Å². The number of hydrogen-bond acceptors (Lipinski definition) is 6. The Kier molecular flexibility index (Phi) is 4.88. The van der Waals surface area contributed by atoms with Crippen molar-refractivity contribution in [1.29, 1.82) is 0 Å². The molecule has 3 atom stereocenters. The van der Waals surface area contributed by atoms with Gasteiger partial charge in [0.15, 0.2) is 0 Å². The number of pyridine rings is 1. The van der Waals surface area contributed by atoms with E-state index in [-0.39, 0.29) is 18.2 Å². The van der Waals surface area contributed by atoms with Gasteiger partial charge in [-0.05, 0) is 46.6 Å². The number of halogens is 1. The van der Waals surface area contributed by atoms with Crippen LogP contribution in [-0.4, -0.2) is 32.2 Å². The van der Waals surface area contributed by atoms with Gasteiger partial charge in [-0.25, -0.2) is 9.97 Å². The lowest BCUT2D eigenvalue weighted by Gasteiger charge is -2.19. The molecule has 1 fully saturated rings. The van der Waals surface area contributed by atoms with Gasteiger partial charge < -0.3 is 19.8 Å². The number of ether oxygens (including phenoxy) is 2. The fourth-order valence-electron chi connectivity index (χ4n) is 3.91. The van der Waals surface area contributed by atoms with Crippen LogP contribution in [0.5, 0.6) is 5.75 Å². The van der Waals surface area contributed by atoms with Crippen LogP contribution in [0.1, 0.15) is 12.6 Å². The van der Waals surface area contributed by atoms with Gasteiger partial charge in [-0.1, -0.05) is 6.08 Å². The summed E-state index contributed by atoms with van der Waals surface area (Å²) in [6.45, 7) is 4.43. The first kappa shape index (κ1) is 19.0. The number of hydrogen-bond donors (Lipinski definition) is 1. The van der Waals surface area contributed by atoms with Crippen LogP contribution < -0.4 is 10.5 Å². The van der Waals surface area contributed by atoms with Gasteiger partial charge in [-0.2, -0.15) is 0 Å². The van der Waals surface area contributed by atoms with Crippen LogP contribution in [0.3, 0.4) is 0 Å². The number of fused-ring (bicyclic) bond motifs is 2. The van der Waals surface area contributed by atoms with E-state index in [1.165, 1.54) is 6.33 Å². The zero-order chi connectivity index (χ0) is 20.7. The van der Waals surface area contributed by atoms with E-state index in [0.717, 1.165) is 38.6 Å². The zero-order valence-corrected chi connectivity index (χ0v) is 17.7. The molecule has 8 heteroatoms. The Labute approximate surface area is 181 Å². The van der Waals surface area contributed by atoms with Gasteiger partial charge in [-0.15, -0.1) is 6.58 Å². The molecule has 0 amide bonds. The lowest BCUT2D eigenvalue weighted by molar-refractivity contribution is -0.0222. The van der Waals surface area contributed by atoms with Crippen molar-refractivity contribution in [1.82, 2.24) is 19.5 Å². The monoisotopic (exact) mass is 465 g/mol. The van der Waals surface area contributed by atoms with E-state index in [2.05, 4.69) is 37.5 Å². The molecule has 30 heavy (non-hydrogen) atoms. The van der Waals surface area contributed by atoms with Crippen LogP contribution in [0.2, 0.25) is 0 Å². The third-order valence-electron chi connectivity index (χ3n) is 5.41. The molecular formula is C22H20BrN5O2. The quantitative estimate of drug-likeness (QED) is 0.436. The molecule has 1 aromatic carbocycles. The maximum Gasteiger partial charge on any atom is 0.147 e. The molecule has 0 spiro atoms. The van der Waals surface area contributed by atoms with Gasteiger partial charge in [-0.3, -0.25) is 4.98 Å². The Bertz CT molecular complexity index is 1240. The Morgan fingerprint density at radius 1 is 1.27 bits per heavy atom. The fourth-order valence-corrected chi connectivity index (χ4v) is 4.26. The fraction of sp³-hybridized carbons (Fsp3) is 0.227. The summed E-state index contributed by atoms with van der Waals surface area (Å²) < 4.78 is 15.3. The van der Waals surface area contributed by atoms with Gasteiger partial charge in [0.25, 0.3) is 0 Å². The van der Waals surface area contributed by atoms with Crippen LogP contribution in [0.4, 0.5) is 5.82 Å². The molecule has 4 heterocycles. The highest BCUT2D eigenvalue weighted by molar-refractivity contribution is 9.10. The minimum Gasteiger partial charge on any atom is -0.491 e. The van der Waals surface area contributed by atoms with Crippen LogP contribution >= 0.6 is 15.9 Å². The van der Waals surface area contributed by atoms with E-state index >= 15 is 0 Å². The van der Waals surface area contributed by atoms with Crippen LogP contribution in [0.25, 0.3) is 21.9 Å². The van der Waals surface area contributed by atoms with Crippen molar-refractivity contribution in [3.05, 3.63) is 66.2 Å². The summed E-state index contributed by atoms with van der Waals surface area (Å²) in [4.78, 5) is 12.9. The molecular weight excluding hydrogens is 446 g/mol. The van der Waals surface area contributed by atoms with E-state index in [1.807, 2.05) is 47.2 Å². The Morgan fingerprint density at radius 2 is 2.17 bits per heavy atom. The number of rotatable bonds is 5. The van der Waals surface area contributed by atoms with E-state index in [0.29, 0.717) is 12.4 Å². The first-order chi connectivity index (χ1) is 14.6. The molecule has 5 rings (SSSR count). The maximum absolute atomic E-state index is 6.33. The number of aromatic nitrogens is 4. The van der Waals surface area contributed by atoms with E-state index < -0.39 is 0 Å². The Hall–Kier alpha value is -2.97.